The lowest BCUT2D eigenvalue weighted by Gasteiger charge is -2.40. The zero-order valence-electron chi connectivity index (χ0n) is 14.4. The molecular weight excluding hydrogens is 414 g/mol. The molecule has 0 unspecified atom stereocenters. The fraction of sp³-hybridized carbons (Fsp3) is 0.263. The monoisotopic (exact) mass is 435 g/mol. The van der Waals surface area contributed by atoms with E-state index in [1.807, 2.05) is 42.5 Å². The quantitative estimate of drug-likeness (QED) is 0.290. The van der Waals surface area contributed by atoms with Gasteiger partial charge in [0.05, 0.1) is 4.92 Å². The van der Waals surface area contributed by atoms with Crippen LogP contribution in [0.15, 0.2) is 76.6 Å². The molecule has 0 aliphatic carbocycles. The lowest BCUT2D eigenvalue weighted by Crippen LogP contribution is -2.51. The van der Waals surface area contributed by atoms with Crippen molar-refractivity contribution >= 4 is 33.6 Å². The van der Waals surface area contributed by atoms with Crippen LogP contribution in [-0.4, -0.2) is 35.5 Å². The van der Waals surface area contributed by atoms with E-state index in [4.69, 9.17) is 0 Å². The van der Waals surface area contributed by atoms with Crippen molar-refractivity contribution < 1.29 is 4.92 Å². The third-order valence-electron chi connectivity index (χ3n) is 3.93. The topological polar surface area (TPSA) is 58.4 Å². The summed E-state index contributed by atoms with van der Waals surface area (Å²) >= 11 is 4.64. The molecule has 26 heavy (non-hydrogen) atoms. The van der Waals surface area contributed by atoms with E-state index in [0.717, 1.165) is 30.5 Å². The Morgan fingerprint density at radius 1 is 1.27 bits per heavy atom. The Bertz CT molecular complexity index is 715. The van der Waals surface area contributed by atoms with Crippen LogP contribution in [0.4, 0.5) is 5.69 Å². The van der Waals surface area contributed by atoms with Crippen LogP contribution < -0.4 is 4.72 Å². The number of hydrogen-bond acceptors (Lipinski definition) is 5. The molecule has 2 aromatic carbocycles. The van der Waals surface area contributed by atoms with Crippen LogP contribution in [-0.2, 0) is 0 Å². The van der Waals surface area contributed by atoms with Gasteiger partial charge >= 0.3 is 0 Å². The second kappa shape index (κ2) is 11.1. The van der Waals surface area contributed by atoms with E-state index in [2.05, 4.69) is 32.1 Å². The number of likely N-dealkylation sites (tertiary alicyclic amines) is 1. The molecule has 0 bridgehead atoms. The molecule has 1 fully saturated rings. The molecule has 0 aromatic heterocycles. The summed E-state index contributed by atoms with van der Waals surface area (Å²) in [6, 6.07) is 17.3. The number of nitro benzene ring substituents is 1. The molecule has 0 radical (unpaired) electrons. The van der Waals surface area contributed by atoms with Crippen molar-refractivity contribution in [3.05, 3.63) is 81.8 Å². The minimum Gasteiger partial charge on any atom is -0.295 e. The van der Waals surface area contributed by atoms with E-state index >= 15 is 0 Å². The Hall–Kier alpha value is -1.67. The average Bonchev–Trinajstić information content (AvgIpc) is 2.63. The van der Waals surface area contributed by atoms with Gasteiger partial charge in [0.25, 0.3) is 5.69 Å². The highest BCUT2D eigenvalue weighted by molar-refractivity contribution is 9.10. The molecule has 5 nitrogen and oxygen atoms in total. The second-order valence-corrected chi connectivity index (χ2v) is 7.55. The average molecular weight is 436 g/mol. The van der Waals surface area contributed by atoms with Crippen LogP contribution in [0, 0.1) is 10.1 Å². The summed E-state index contributed by atoms with van der Waals surface area (Å²) in [6.45, 7) is 6.57. The second-order valence-electron chi connectivity index (χ2n) is 5.70. The summed E-state index contributed by atoms with van der Waals surface area (Å²) in [5.74, 6) is 0. The molecule has 2 aromatic rings. The van der Waals surface area contributed by atoms with Crippen molar-refractivity contribution in [2.45, 2.75) is 17.4 Å². The van der Waals surface area contributed by atoms with Crippen LogP contribution in [0.5, 0.6) is 0 Å². The maximum absolute atomic E-state index is 10.9. The van der Waals surface area contributed by atoms with E-state index in [0.29, 0.717) is 10.9 Å². The van der Waals surface area contributed by atoms with Gasteiger partial charge < -0.3 is 0 Å². The standard InChI is InChI=1S/C13H17N3O2S.C6H5Br/c1-2-8-15-9-7-11(15)10-14-19-13-6-4-3-5-12(13)16(17)18;7-6-4-2-1-3-5-6/h2-6,11,14H,1,7-10H2;1-5H/t11-;/m1./s1. The van der Waals surface area contributed by atoms with E-state index in [-0.39, 0.29) is 10.6 Å². The van der Waals surface area contributed by atoms with E-state index in [9.17, 15) is 10.1 Å². The van der Waals surface area contributed by atoms with Crippen molar-refractivity contribution in [1.29, 1.82) is 0 Å². The van der Waals surface area contributed by atoms with Gasteiger partial charge in [0.15, 0.2) is 0 Å². The SMILES string of the molecule is Brc1ccccc1.C=CCN1CC[C@@H]1CNSc1ccccc1[N+](=O)[O-]. The predicted molar refractivity (Wildman–Crippen MR) is 111 cm³/mol. The Morgan fingerprint density at radius 3 is 2.50 bits per heavy atom. The normalized spacial score (nSPS) is 16.1. The van der Waals surface area contributed by atoms with E-state index in [1.54, 1.807) is 12.1 Å². The van der Waals surface area contributed by atoms with Gasteiger partial charge in [-0.3, -0.25) is 19.7 Å². The number of para-hydroxylation sites is 1. The number of halogens is 1. The molecule has 0 saturated carbocycles. The minimum absolute atomic E-state index is 0.150. The lowest BCUT2D eigenvalue weighted by atomic mass is 10.0. The maximum Gasteiger partial charge on any atom is 0.284 e. The third-order valence-corrected chi connectivity index (χ3v) is 5.33. The Morgan fingerprint density at radius 2 is 1.96 bits per heavy atom. The molecule has 1 aliphatic heterocycles. The fourth-order valence-corrected chi connectivity index (χ4v) is 3.59. The van der Waals surface area contributed by atoms with E-state index < -0.39 is 0 Å². The first kappa shape index (κ1) is 20.6. The first-order valence-corrected chi connectivity index (χ1v) is 9.91. The summed E-state index contributed by atoms with van der Waals surface area (Å²) in [5, 5.41) is 10.9. The number of benzene rings is 2. The Balaban J connectivity index is 0.000000290. The first-order chi connectivity index (χ1) is 12.6. The summed E-state index contributed by atoms with van der Waals surface area (Å²) in [6.07, 6.45) is 3.07. The molecule has 1 aliphatic rings. The number of nitrogens with zero attached hydrogens (tertiary/aromatic N) is 2. The highest BCUT2D eigenvalue weighted by Gasteiger charge is 2.26. The number of nitrogens with one attached hydrogen (secondary N) is 1. The first-order valence-electron chi connectivity index (χ1n) is 8.30. The van der Waals surface area contributed by atoms with Gasteiger partial charge in [-0.1, -0.05) is 52.3 Å². The maximum atomic E-state index is 10.9. The summed E-state index contributed by atoms with van der Waals surface area (Å²) in [7, 11) is 0. The van der Waals surface area contributed by atoms with Gasteiger partial charge in [0, 0.05) is 36.2 Å². The number of nitro groups is 1. The molecule has 1 atom stereocenters. The van der Waals surface area contributed by atoms with Crippen molar-refractivity contribution in [2.24, 2.45) is 0 Å². The van der Waals surface area contributed by atoms with Crippen molar-refractivity contribution in [2.75, 3.05) is 19.6 Å². The van der Waals surface area contributed by atoms with Crippen LogP contribution in [0.1, 0.15) is 6.42 Å². The zero-order chi connectivity index (χ0) is 18.8. The Labute approximate surface area is 166 Å². The van der Waals surface area contributed by atoms with Crippen molar-refractivity contribution in [3.8, 4) is 0 Å². The molecule has 7 heteroatoms. The molecule has 1 saturated heterocycles. The lowest BCUT2D eigenvalue weighted by molar-refractivity contribution is -0.387. The largest absolute Gasteiger partial charge is 0.295 e. The highest BCUT2D eigenvalue weighted by atomic mass is 79.9. The van der Waals surface area contributed by atoms with Crippen LogP contribution in [0.3, 0.4) is 0 Å². The van der Waals surface area contributed by atoms with Crippen LogP contribution in [0.25, 0.3) is 0 Å². The van der Waals surface area contributed by atoms with Gasteiger partial charge in [0.2, 0.25) is 0 Å². The predicted octanol–water partition coefficient (Wildman–Crippen LogP) is 4.90. The van der Waals surface area contributed by atoms with Gasteiger partial charge in [-0.15, -0.1) is 6.58 Å². The molecule has 0 amide bonds. The number of hydrogen-bond donors (Lipinski definition) is 1. The van der Waals surface area contributed by atoms with Gasteiger partial charge in [-0.25, -0.2) is 0 Å². The fourth-order valence-electron chi connectivity index (χ4n) is 2.46. The summed E-state index contributed by atoms with van der Waals surface area (Å²) in [5.41, 5.74) is 0.150. The van der Waals surface area contributed by atoms with Crippen molar-refractivity contribution in [3.63, 3.8) is 0 Å². The van der Waals surface area contributed by atoms with Gasteiger partial charge in [0.1, 0.15) is 4.90 Å². The smallest absolute Gasteiger partial charge is 0.284 e. The van der Waals surface area contributed by atoms with Gasteiger partial charge in [-0.2, -0.15) is 0 Å². The Kier molecular flexibility index (Phi) is 8.84. The summed E-state index contributed by atoms with van der Waals surface area (Å²) < 4.78 is 4.36. The van der Waals surface area contributed by atoms with Gasteiger partial charge in [-0.05, 0) is 36.6 Å². The van der Waals surface area contributed by atoms with Crippen LogP contribution >= 0.6 is 27.9 Å². The molecule has 3 rings (SSSR count). The van der Waals surface area contributed by atoms with Crippen LogP contribution in [0.2, 0.25) is 0 Å². The highest BCUT2D eigenvalue weighted by Crippen LogP contribution is 2.27. The molecule has 1 heterocycles. The zero-order valence-corrected chi connectivity index (χ0v) is 16.8. The van der Waals surface area contributed by atoms with Crippen molar-refractivity contribution in [1.82, 2.24) is 9.62 Å². The summed E-state index contributed by atoms with van der Waals surface area (Å²) in [4.78, 5) is 13.5. The molecule has 0 spiro atoms. The third kappa shape index (κ3) is 6.57. The van der Waals surface area contributed by atoms with E-state index in [1.165, 1.54) is 18.0 Å². The molecular formula is C19H22BrN3O2S. The molecule has 138 valence electrons. The minimum atomic E-state index is -0.350. The number of rotatable bonds is 7. The molecule has 1 N–H and O–H groups in total.